The number of nitrogens with zero attached hydrogens (tertiary/aromatic N) is 2. The van der Waals surface area contributed by atoms with Crippen molar-refractivity contribution in [3.8, 4) is 11.8 Å². The summed E-state index contributed by atoms with van der Waals surface area (Å²) in [5.41, 5.74) is 0.734. The molecule has 0 radical (unpaired) electrons. The summed E-state index contributed by atoms with van der Waals surface area (Å²) in [5, 5.41) is 11.6. The van der Waals surface area contributed by atoms with Gasteiger partial charge in [-0.25, -0.2) is 9.97 Å². The van der Waals surface area contributed by atoms with Gasteiger partial charge in [-0.15, -0.1) is 11.8 Å². The predicted octanol–water partition coefficient (Wildman–Crippen LogP) is 2.47. The summed E-state index contributed by atoms with van der Waals surface area (Å²) in [6, 6.07) is 5.80. The molecule has 0 saturated heterocycles. The van der Waals surface area contributed by atoms with Gasteiger partial charge in [0.1, 0.15) is 17.0 Å². The molecule has 1 N–H and O–H groups in total. The van der Waals surface area contributed by atoms with E-state index in [1.807, 2.05) is 24.5 Å². The molecule has 92 valence electrons. The van der Waals surface area contributed by atoms with Crippen LogP contribution >= 0.6 is 11.8 Å². The van der Waals surface area contributed by atoms with Crippen LogP contribution in [0.2, 0.25) is 0 Å². The maximum Gasteiger partial charge on any atom is 0.120 e. The van der Waals surface area contributed by atoms with Gasteiger partial charge in [0.25, 0.3) is 0 Å². The average Bonchev–Trinajstić information content (AvgIpc) is 2.34. The first-order chi connectivity index (χ1) is 8.49. The summed E-state index contributed by atoms with van der Waals surface area (Å²) in [5.74, 6) is 5.74. The van der Waals surface area contributed by atoms with E-state index in [4.69, 9.17) is 0 Å². The van der Waals surface area contributed by atoms with Gasteiger partial charge >= 0.3 is 0 Å². The molecule has 0 aliphatic rings. The number of aromatic nitrogens is 2. The molecule has 1 aromatic carbocycles. The van der Waals surface area contributed by atoms with Crippen molar-refractivity contribution in [3.05, 3.63) is 30.1 Å². The molecule has 2 rings (SSSR count). The van der Waals surface area contributed by atoms with Gasteiger partial charge in [-0.3, -0.25) is 0 Å². The number of aliphatic hydroxyl groups is 1. The molecule has 1 aromatic heterocycles. The topological polar surface area (TPSA) is 46.0 Å². The van der Waals surface area contributed by atoms with E-state index in [2.05, 4.69) is 21.8 Å². The van der Waals surface area contributed by atoms with Crippen molar-refractivity contribution in [3.63, 3.8) is 0 Å². The molecular formula is C14H14N2OS. The Morgan fingerprint density at radius 3 is 2.72 bits per heavy atom. The summed E-state index contributed by atoms with van der Waals surface area (Å²) < 4.78 is 0. The van der Waals surface area contributed by atoms with Crippen molar-refractivity contribution in [1.82, 2.24) is 9.97 Å². The van der Waals surface area contributed by atoms with E-state index < -0.39 is 5.60 Å². The van der Waals surface area contributed by atoms with Crippen LogP contribution in [0.1, 0.15) is 19.4 Å². The lowest BCUT2D eigenvalue weighted by Gasteiger charge is -2.06. The fourth-order valence-electron chi connectivity index (χ4n) is 1.50. The van der Waals surface area contributed by atoms with Crippen LogP contribution in [0.3, 0.4) is 0 Å². The summed E-state index contributed by atoms with van der Waals surface area (Å²) in [4.78, 5) is 8.46. The number of hydrogen-bond acceptors (Lipinski definition) is 4. The first-order valence-corrected chi connectivity index (χ1v) is 6.76. The number of rotatable bonds is 1. The van der Waals surface area contributed by atoms with Crippen LogP contribution in [0.25, 0.3) is 10.9 Å². The zero-order valence-corrected chi connectivity index (χ0v) is 11.4. The van der Waals surface area contributed by atoms with Crippen molar-refractivity contribution in [2.24, 2.45) is 0 Å². The van der Waals surface area contributed by atoms with Crippen LogP contribution < -0.4 is 0 Å². The second-order valence-corrected chi connectivity index (χ2v) is 5.22. The van der Waals surface area contributed by atoms with Gasteiger partial charge in [0.2, 0.25) is 0 Å². The van der Waals surface area contributed by atoms with Crippen LogP contribution in [-0.2, 0) is 0 Å². The maximum absolute atomic E-state index is 9.57. The third-order valence-corrected chi connectivity index (χ3v) is 3.02. The first-order valence-electron chi connectivity index (χ1n) is 5.54. The zero-order valence-electron chi connectivity index (χ0n) is 10.6. The Labute approximate surface area is 111 Å². The fraction of sp³-hybridized carbons (Fsp3) is 0.286. The Hall–Kier alpha value is -1.57. The zero-order chi connectivity index (χ0) is 13.2. The standard InChI is InChI=1S/C14H14N2OS/c1-14(2,17)7-6-10-4-5-11-12(8-10)15-9-16-13(11)18-3/h4-5,8-9,17H,1-3H3. The minimum atomic E-state index is -0.981. The number of fused-ring (bicyclic) bond motifs is 1. The Balaban J connectivity index is 2.48. The smallest absolute Gasteiger partial charge is 0.120 e. The van der Waals surface area contributed by atoms with Crippen molar-refractivity contribution >= 4 is 22.7 Å². The average molecular weight is 258 g/mol. The fourth-order valence-corrected chi connectivity index (χ4v) is 2.04. The molecule has 0 bridgehead atoms. The summed E-state index contributed by atoms with van der Waals surface area (Å²) in [6.07, 6.45) is 3.55. The molecule has 2 aromatic rings. The highest BCUT2D eigenvalue weighted by Crippen LogP contribution is 2.22. The normalized spacial score (nSPS) is 11.1. The number of benzene rings is 1. The maximum atomic E-state index is 9.57. The van der Waals surface area contributed by atoms with Gasteiger partial charge < -0.3 is 5.11 Å². The summed E-state index contributed by atoms with van der Waals surface area (Å²) in [6.45, 7) is 3.32. The minimum Gasteiger partial charge on any atom is -0.378 e. The van der Waals surface area contributed by atoms with Crippen LogP contribution in [0.15, 0.2) is 29.6 Å². The van der Waals surface area contributed by atoms with Crippen molar-refractivity contribution in [2.45, 2.75) is 24.5 Å². The van der Waals surface area contributed by atoms with Crippen LogP contribution in [0.5, 0.6) is 0 Å². The van der Waals surface area contributed by atoms with E-state index in [-0.39, 0.29) is 0 Å². The molecule has 0 saturated carbocycles. The molecule has 0 aliphatic carbocycles. The second kappa shape index (κ2) is 4.97. The predicted molar refractivity (Wildman–Crippen MR) is 74.5 cm³/mol. The van der Waals surface area contributed by atoms with Gasteiger partial charge in [-0.1, -0.05) is 11.8 Å². The Bertz CT molecular complexity index is 636. The molecule has 0 amide bonds. The van der Waals surface area contributed by atoms with E-state index in [1.54, 1.807) is 31.9 Å². The van der Waals surface area contributed by atoms with Crippen LogP contribution in [0.4, 0.5) is 0 Å². The van der Waals surface area contributed by atoms with Crippen molar-refractivity contribution in [2.75, 3.05) is 6.26 Å². The van der Waals surface area contributed by atoms with E-state index in [0.29, 0.717) is 0 Å². The quantitative estimate of drug-likeness (QED) is 0.485. The third kappa shape index (κ3) is 3.00. The van der Waals surface area contributed by atoms with Gasteiger partial charge in [-0.2, -0.15) is 0 Å². The Morgan fingerprint density at radius 2 is 2.06 bits per heavy atom. The highest BCUT2D eigenvalue weighted by molar-refractivity contribution is 7.98. The summed E-state index contributed by atoms with van der Waals surface area (Å²) in [7, 11) is 0. The molecule has 18 heavy (non-hydrogen) atoms. The monoisotopic (exact) mass is 258 g/mol. The molecule has 0 spiro atoms. The van der Waals surface area contributed by atoms with E-state index >= 15 is 0 Å². The molecular weight excluding hydrogens is 244 g/mol. The molecule has 0 aliphatic heterocycles. The SMILES string of the molecule is CSc1ncnc2cc(C#CC(C)(C)O)ccc12. The van der Waals surface area contributed by atoms with Gasteiger partial charge in [-0.05, 0) is 38.3 Å². The number of hydrogen-bond donors (Lipinski definition) is 1. The molecule has 3 nitrogen and oxygen atoms in total. The molecule has 0 unspecified atom stereocenters. The van der Waals surface area contributed by atoms with Gasteiger partial charge in [0.15, 0.2) is 0 Å². The van der Waals surface area contributed by atoms with E-state index in [9.17, 15) is 5.11 Å². The van der Waals surface area contributed by atoms with E-state index in [1.165, 1.54) is 0 Å². The molecule has 4 heteroatoms. The first kappa shape index (κ1) is 12.9. The lowest BCUT2D eigenvalue weighted by molar-refractivity contribution is 0.143. The Morgan fingerprint density at radius 1 is 1.28 bits per heavy atom. The molecule has 1 heterocycles. The minimum absolute atomic E-state index is 0.843. The molecule has 0 fully saturated rings. The van der Waals surface area contributed by atoms with Crippen molar-refractivity contribution < 1.29 is 5.11 Å². The lowest BCUT2D eigenvalue weighted by atomic mass is 10.1. The second-order valence-electron chi connectivity index (χ2n) is 4.42. The summed E-state index contributed by atoms with van der Waals surface area (Å²) >= 11 is 1.59. The van der Waals surface area contributed by atoms with Crippen LogP contribution in [-0.4, -0.2) is 26.9 Å². The van der Waals surface area contributed by atoms with Gasteiger partial charge in [0, 0.05) is 10.9 Å². The lowest BCUT2D eigenvalue weighted by Crippen LogP contribution is -2.14. The van der Waals surface area contributed by atoms with E-state index in [0.717, 1.165) is 21.5 Å². The molecule has 0 atom stereocenters. The van der Waals surface area contributed by atoms with Crippen molar-refractivity contribution in [1.29, 1.82) is 0 Å². The van der Waals surface area contributed by atoms with Crippen LogP contribution in [0, 0.1) is 11.8 Å². The number of thioether (sulfide) groups is 1. The Kier molecular flexibility index (Phi) is 3.55. The third-order valence-electron chi connectivity index (χ3n) is 2.31. The highest BCUT2D eigenvalue weighted by Gasteiger charge is 2.06. The largest absolute Gasteiger partial charge is 0.378 e. The van der Waals surface area contributed by atoms with Gasteiger partial charge in [0.05, 0.1) is 5.52 Å². The highest BCUT2D eigenvalue weighted by atomic mass is 32.2.